The van der Waals surface area contributed by atoms with Gasteiger partial charge in [0.05, 0.1) is 0 Å². The Labute approximate surface area is 129 Å². The number of nitrogens with one attached hydrogen (secondary N) is 1. The van der Waals surface area contributed by atoms with Crippen LogP contribution in [0.3, 0.4) is 0 Å². The van der Waals surface area contributed by atoms with E-state index >= 15 is 0 Å². The maximum absolute atomic E-state index is 12.2. The third kappa shape index (κ3) is 7.56. The number of carbonyl (C=O) groups is 1. The molecule has 1 rings (SSSR count). The molecule has 114 valence electrons. The molecular formula is C16H27NO2S. The van der Waals surface area contributed by atoms with Gasteiger partial charge in [-0.2, -0.15) is 13.5 Å². The normalized spacial score (nSPS) is 12.7. The molecule has 0 aliphatic heterocycles. The zero-order chi connectivity index (χ0) is 14.5. The van der Waals surface area contributed by atoms with E-state index in [-0.39, 0.29) is 31.5 Å². The fourth-order valence-corrected chi connectivity index (χ4v) is 1.84. The molecule has 1 aromatic rings. The topological polar surface area (TPSA) is 38.3 Å². The van der Waals surface area contributed by atoms with Gasteiger partial charge in [0.15, 0.2) is 0 Å². The van der Waals surface area contributed by atoms with Crippen LogP contribution in [0.1, 0.15) is 40.2 Å². The van der Waals surface area contributed by atoms with Gasteiger partial charge < -0.3 is 10.1 Å². The van der Waals surface area contributed by atoms with Crippen LogP contribution >= 0.6 is 13.5 Å². The Hall–Kier alpha value is -1.00. The molecule has 0 heterocycles. The Morgan fingerprint density at radius 2 is 1.75 bits per heavy atom. The van der Waals surface area contributed by atoms with E-state index in [9.17, 15) is 4.79 Å². The molecule has 0 aliphatic carbocycles. The van der Waals surface area contributed by atoms with Crippen LogP contribution in [0.5, 0.6) is 0 Å². The summed E-state index contributed by atoms with van der Waals surface area (Å²) in [6, 6.07) is 9.93. The summed E-state index contributed by atoms with van der Waals surface area (Å²) in [6.45, 7) is 9.73. The van der Waals surface area contributed by atoms with Crippen LogP contribution in [0, 0.1) is 0 Å². The first-order valence-electron chi connectivity index (χ1n) is 6.81. The quantitative estimate of drug-likeness (QED) is 0.849. The summed E-state index contributed by atoms with van der Waals surface area (Å²) >= 11 is 0. The summed E-state index contributed by atoms with van der Waals surface area (Å²) in [5.41, 5.74) is 0.677. The molecule has 0 unspecified atom stereocenters. The average molecular weight is 297 g/mol. The molecule has 0 radical (unpaired) electrons. The second-order valence-corrected chi connectivity index (χ2v) is 6.10. The van der Waals surface area contributed by atoms with Crippen LogP contribution in [0.2, 0.25) is 0 Å². The third-order valence-electron chi connectivity index (χ3n) is 2.51. The van der Waals surface area contributed by atoms with Crippen LogP contribution < -0.4 is 5.32 Å². The Bertz CT molecular complexity index is 399. The average Bonchev–Trinajstić information content (AvgIpc) is 2.26. The van der Waals surface area contributed by atoms with E-state index < -0.39 is 5.60 Å². The highest BCUT2D eigenvalue weighted by molar-refractivity contribution is 7.59. The molecule has 0 saturated heterocycles. The second-order valence-electron chi connectivity index (χ2n) is 6.10. The Kier molecular flexibility index (Phi) is 7.91. The van der Waals surface area contributed by atoms with Crippen LogP contribution in [0.4, 0.5) is 0 Å². The maximum atomic E-state index is 12.2. The van der Waals surface area contributed by atoms with Crippen molar-refractivity contribution in [1.82, 2.24) is 5.32 Å². The van der Waals surface area contributed by atoms with Crippen LogP contribution in [0.25, 0.3) is 0 Å². The molecule has 1 aromatic carbocycles. The monoisotopic (exact) mass is 297 g/mol. The predicted molar refractivity (Wildman–Crippen MR) is 88.4 cm³/mol. The highest BCUT2D eigenvalue weighted by Gasteiger charge is 2.25. The molecule has 0 bridgehead atoms. The lowest BCUT2D eigenvalue weighted by atomic mass is 10.0. The standard InChI is InChI=1S/C16H25NO2.H2S/c1-12(2)17-14(15(18)19-16(3,4)5)11-13-9-7-6-8-10-13;/h6-10,12,14,17H,11H2,1-5H3;1H2/t14-;/m0./s1. The van der Waals surface area contributed by atoms with Crippen LogP contribution in [-0.4, -0.2) is 23.7 Å². The van der Waals surface area contributed by atoms with Crippen molar-refractivity contribution in [3.8, 4) is 0 Å². The molecule has 0 saturated carbocycles. The van der Waals surface area contributed by atoms with Crippen molar-refractivity contribution in [3.05, 3.63) is 35.9 Å². The number of hydrogen-bond acceptors (Lipinski definition) is 3. The lowest BCUT2D eigenvalue weighted by molar-refractivity contribution is -0.157. The number of esters is 1. The van der Waals surface area contributed by atoms with Crippen molar-refractivity contribution >= 4 is 19.5 Å². The maximum Gasteiger partial charge on any atom is 0.324 e. The molecule has 0 amide bonds. The Morgan fingerprint density at radius 1 is 1.20 bits per heavy atom. The first-order valence-corrected chi connectivity index (χ1v) is 6.81. The van der Waals surface area contributed by atoms with Crippen LogP contribution in [-0.2, 0) is 16.0 Å². The zero-order valence-electron chi connectivity index (χ0n) is 13.1. The fraction of sp³-hybridized carbons (Fsp3) is 0.562. The molecule has 0 spiro atoms. The molecule has 20 heavy (non-hydrogen) atoms. The predicted octanol–water partition coefficient (Wildman–Crippen LogP) is 3.05. The summed E-state index contributed by atoms with van der Waals surface area (Å²) in [5.74, 6) is -0.190. The number of hydrogen-bond donors (Lipinski definition) is 1. The van der Waals surface area contributed by atoms with Gasteiger partial charge in [0.25, 0.3) is 0 Å². The molecule has 4 heteroatoms. The Balaban J connectivity index is 0.00000361. The summed E-state index contributed by atoms with van der Waals surface area (Å²) in [6.07, 6.45) is 0.647. The van der Waals surface area contributed by atoms with Crippen molar-refractivity contribution in [3.63, 3.8) is 0 Å². The second kappa shape index (κ2) is 8.32. The van der Waals surface area contributed by atoms with Gasteiger partial charge in [-0.15, -0.1) is 0 Å². The minimum absolute atomic E-state index is 0. The number of ether oxygens (including phenoxy) is 1. The highest BCUT2D eigenvalue weighted by Crippen LogP contribution is 2.11. The zero-order valence-corrected chi connectivity index (χ0v) is 14.1. The van der Waals surface area contributed by atoms with Gasteiger partial charge in [-0.3, -0.25) is 4.79 Å². The highest BCUT2D eigenvalue weighted by atomic mass is 32.1. The minimum Gasteiger partial charge on any atom is -0.459 e. The van der Waals surface area contributed by atoms with E-state index in [2.05, 4.69) is 5.32 Å². The molecular weight excluding hydrogens is 270 g/mol. The largest absolute Gasteiger partial charge is 0.459 e. The molecule has 0 aliphatic rings. The van der Waals surface area contributed by atoms with E-state index in [1.807, 2.05) is 65.0 Å². The lowest BCUT2D eigenvalue weighted by Crippen LogP contribution is -2.45. The first-order chi connectivity index (χ1) is 8.78. The van der Waals surface area contributed by atoms with E-state index in [1.165, 1.54) is 0 Å². The summed E-state index contributed by atoms with van der Waals surface area (Å²) in [7, 11) is 0. The number of rotatable bonds is 5. The molecule has 1 atom stereocenters. The first kappa shape index (κ1) is 19.0. The lowest BCUT2D eigenvalue weighted by Gasteiger charge is -2.26. The smallest absolute Gasteiger partial charge is 0.324 e. The van der Waals surface area contributed by atoms with Crippen molar-refractivity contribution in [2.45, 2.75) is 58.7 Å². The van der Waals surface area contributed by atoms with E-state index in [0.29, 0.717) is 6.42 Å². The van der Waals surface area contributed by atoms with Gasteiger partial charge in [0, 0.05) is 6.04 Å². The summed E-state index contributed by atoms with van der Waals surface area (Å²) in [5, 5.41) is 3.28. The third-order valence-corrected chi connectivity index (χ3v) is 2.51. The number of carbonyl (C=O) groups excluding carboxylic acids is 1. The van der Waals surface area contributed by atoms with Gasteiger partial charge in [-0.1, -0.05) is 44.2 Å². The van der Waals surface area contributed by atoms with Crippen molar-refractivity contribution in [1.29, 1.82) is 0 Å². The van der Waals surface area contributed by atoms with Gasteiger partial charge in [0.1, 0.15) is 11.6 Å². The van der Waals surface area contributed by atoms with Crippen LogP contribution in [0.15, 0.2) is 30.3 Å². The number of benzene rings is 1. The molecule has 0 fully saturated rings. The van der Waals surface area contributed by atoms with Gasteiger partial charge in [-0.05, 0) is 32.8 Å². The van der Waals surface area contributed by atoms with Gasteiger partial charge >= 0.3 is 5.97 Å². The summed E-state index contributed by atoms with van der Waals surface area (Å²) < 4.78 is 5.47. The van der Waals surface area contributed by atoms with Crippen molar-refractivity contribution in [2.24, 2.45) is 0 Å². The van der Waals surface area contributed by atoms with E-state index in [1.54, 1.807) is 0 Å². The van der Waals surface area contributed by atoms with Gasteiger partial charge in [0.2, 0.25) is 0 Å². The fourth-order valence-electron chi connectivity index (χ4n) is 1.84. The van der Waals surface area contributed by atoms with E-state index in [0.717, 1.165) is 5.56 Å². The van der Waals surface area contributed by atoms with Crippen molar-refractivity contribution < 1.29 is 9.53 Å². The van der Waals surface area contributed by atoms with Crippen molar-refractivity contribution in [2.75, 3.05) is 0 Å². The SMILES string of the molecule is CC(C)N[C@@H](Cc1ccccc1)C(=O)OC(C)(C)C.S. The van der Waals surface area contributed by atoms with Gasteiger partial charge in [-0.25, -0.2) is 0 Å². The molecule has 3 nitrogen and oxygen atoms in total. The Morgan fingerprint density at radius 3 is 2.20 bits per heavy atom. The van der Waals surface area contributed by atoms with E-state index in [4.69, 9.17) is 4.74 Å². The summed E-state index contributed by atoms with van der Waals surface area (Å²) in [4.78, 5) is 12.2. The molecule has 1 N–H and O–H groups in total. The minimum atomic E-state index is -0.454. The molecule has 0 aromatic heterocycles.